The SMILES string of the molecule is CCCOc1cccc(-c2nnc(CCNCC)s2)c1. The molecule has 0 radical (unpaired) electrons. The van der Waals surface area contributed by atoms with Crippen LogP contribution in [0.25, 0.3) is 10.6 Å². The van der Waals surface area contributed by atoms with Crippen LogP contribution < -0.4 is 10.1 Å². The summed E-state index contributed by atoms with van der Waals surface area (Å²) in [6.45, 7) is 6.89. The second kappa shape index (κ2) is 7.97. The Bertz CT molecular complexity index is 527. The molecule has 0 aliphatic carbocycles. The topological polar surface area (TPSA) is 47.0 Å². The largest absolute Gasteiger partial charge is 0.494 e. The number of nitrogens with one attached hydrogen (secondary N) is 1. The molecule has 0 aliphatic rings. The van der Waals surface area contributed by atoms with E-state index in [9.17, 15) is 0 Å². The van der Waals surface area contributed by atoms with Gasteiger partial charge in [-0.1, -0.05) is 37.3 Å². The zero-order valence-corrected chi connectivity index (χ0v) is 12.9. The maximum atomic E-state index is 5.65. The number of aromatic nitrogens is 2. The molecule has 0 saturated carbocycles. The Labute approximate surface area is 124 Å². The molecule has 108 valence electrons. The standard InChI is InChI=1S/C15H21N3OS/c1-3-10-19-13-7-5-6-12(11-13)15-18-17-14(20-15)8-9-16-4-2/h5-7,11,16H,3-4,8-10H2,1-2H3. The summed E-state index contributed by atoms with van der Waals surface area (Å²) in [5.41, 5.74) is 1.07. The summed E-state index contributed by atoms with van der Waals surface area (Å²) in [6.07, 6.45) is 1.94. The van der Waals surface area contributed by atoms with Crippen LogP contribution in [0.3, 0.4) is 0 Å². The Morgan fingerprint density at radius 3 is 2.95 bits per heavy atom. The van der Waals surface area contributed by atoms with Crippen molar-refractivity contribution in [1.29, 1.82) is 0 Å². The fraction of sp³-hybridized carbons (Fsp3) is 0.467. The van der Waals surface area contributed by atoms with Gasteiger partial charge in [-0.3, -0.25) is 0 Å². The molecule has 1 N–H and O–H groups in total. The normalized spacial score (nSPS) is 10.7. The molecule has 1 heterocycles. The molecule has 0 saturated heterocycles. The van der Waals surface area contributed by atoms with E-state index in [-0.39, 0.29) is 0 Å². The van der Waals surface area contributed by atoms with E-state index in [4.69, 9.17) is 4.74 Å². The van der Waals surface area contributed by atoms with Gasteiger partial charge in [-0.05, 0) is 25.1 Å². The zero-order chi connectivity index (χ0) is 14.2. The van der Waals surface area contributed by atoms with E-state index in [1.54, 1.807) is 11.3 Å². The molecular formula is C15H21N3OS. The van der Waals surface area contributed by atoms with Gasteiger partial charge >= 0.3 is 0 Å². The number of benzene rings is 1. The number of ether oxygens (including phenoxy) is 1. The lowest BCUT2D eigenvalue weighted by Gasteiger charge is -2.05. The van der Waals surface area contributed by atoms with E-state index >= 15 is 0 Å². The van der Waals surface area contributed by atoms with Gasteiger partial charge in [0.15, 0.2) is 0 Å². The highest BCUT2D eigenvalue weighted by Gasteiger charge is 2.07. The van der Waals surface area contributed by atoms with Gasteiger partial charge in [0.25, 0.3) is 0 Å². The Morgan fingerprint density at radius 1 is 1.25 bits per heavy atom. The maximum absolute atomic E-state index is 5.65. The quantitative estimate of drug-likeness (QED) is 0.759. The van der Waals surface area contributed by atoms with Gasteiger partial charge in [0.05, 0.1) is 6.61 Å². The number of rotatable bonds is 8. The summed E-state index contributed by atoms with van der Waals surface area (Å²) < 4.78 is 5.65. The molecule has 1 aromatic heterocycles. The lowest BCUT2D eigenvalue weighted by atomic mass is 10.2. The third-order valence-electron chi connectivity index (χ3n) is 2.79. The Hall–Kier alpha value is -1.46. The van der Waals surface area contributed by atoms with Crippen molar-refractivity contribution in [3.05, 3.63) is 29.3 Å². The maximum Gasteiger partial charge on any atom is 0.147 e. The molecule has 0 spiro atoms. The van der Waals surface area contributed by atoms with E-state index in [1.807, 2.05) is 24.3 Å². The van der Waals surface area contributed by atoms with Crippen LogP contribution in [0, 0.1) is 0 Å². The molecule has 0 fully saturated rings. The lowest BCUT2D eigenvalue weighted by molar-refractivity contribution is 0.317. The van der Waals surface area contributed by atoms with Crippen LogP contribution in [0.5, 0.6) is 5.75 Å². The summed E-state index contributed by atoms with van der Waals surface area (Å²) in [4.78, 5) is 0. The molecule has 4 nitrogen and oxygen atoms in total. The van der Waals surface area contributed by atoms with Crippen molar-refractivity contribution in [2.75, 3.05) is 19.7 Å². The van der Waals surface area contributed by atoms with Gasteiger partial charge in [-0.2, -0.15) is 0 Å². The average Bonchev–Trinajstić information content (AvgIpc) is 2.95. The lowest BCUT2D eigenvalue weighted by Crippen LogP contribution is -2.15. The highest BCUT2D eigenvalue weighted by atomic mass is 32.1. The van der Waals surface area contributed by atoms with E-state index in [1.165, 1.54) is 0 Å². The molecule has 2 aromatic rings. The smallest absolute Gasteiger partial charge is 0.147 e. The number of hydrogen-bond acceptors (Lipinski definition) is 5. The van der Waals surface area contributed by atoms with Crippen LogP contribution in [0.15, 0.2) is 24.3 Å². The summed E-state index contributed by atoms with van der Waals surface area (Å²) >= 11 is 1.65. The first-order valence-electron chi connectivity index (χ1n) is 7.09. The van der Waals surface area contributed by atoms with Crippen LogP contribution in [-0.4, -0.2) is 29.9 Å². The van der Waals surface area contributed by atoms with Crippen molar-refractivity contribution in [1.82, 2.24) is 15.5 Å². The molecule has 1 aromatic carbocycles. The van der Waals surface area contributed by atoms with E-state index in [0.29, 0.717) is 0 Å². The molecule has 0 aliphatic heterocycles. The Kier molecular flexibility index (Phi) is 5.95. The monoisotopic (exact) mass is 291 g/mol. The average molecular weight is 291 g/mol. The minimum atomic E-state index is 0.744. The molecule has 0 amide bonds. The summed E-state index contributed by atoms with van der Waals surface area (Å²) in [6, 6.07) is 8.06. The number of likely N-dealkylation sites (N-methyl/N-ethyl adjacent to an activating group) is 1. The summed E-state index contributed by atoms with van der Waals surface area (Å²) in [5.74, 6) is 0.897. The predicted molar refractivity (Wildman–Crippen MR) is 83.4 cm³/mol. The Balaban J connectivity index is 2.03. The summed E-state index contributed by atoms with van der Waals surface area (Å²) in [7, 11) is 0. The van der Waals surface area contributed by atoms with Crippen LogP contribution in [0.4, 0.5) is 0 Å². The third kappa shape index (κ3) is 4.28. The highest BCUT2D eigenvalue weighted by Crippen LogP contribution is 2.26. The number of hydrogen-bond donors (Lipinski definition) is 1. The second-order valence-electron chi connectivity index (χ2n) is 4.48. The van der Waals surface area contributed by atoms with Crippen LogP contribution >= 0.6 is 11.3 Å². The number of nitrogens with zero attached hydrogens (tertiary/aromatic N) is 2. The van der Waals surface area contributed by atoms with Gasteiger partial charge in [0.2, 0.25) is 0 Å². The molecular weight excluding hydrogens is 270 g/mol. The zero-order valence-electron chi connectivity index (χ0n) is 12.1. The van der Waals surface area contributed by atoms with Crippen molar-refractivity contribution < 1.29 is 4.74 Å². The van der Waals surface area contributed by atoms with Crippen molar-refractivity contribution >= 4 is 11.3 Å². The second-order valence-corrected chi connectivity index (χ2v) is 5.54. The summed E-state index contributed by atoms with van der Waals surface area (Å²) in [5, 5.41) is 13.8. The van der Waals surface area contributed by atoms with E-state index in [2.05, 4.69) is 29.4 Å². The van der Waals surface area contributed by atoms with Crippen LogP contribution in [-0.2, 0) is 6.42 Å². The predicted octanol–water partition coefficient (Wildman–Crippen LogP) is 3.15. The van der Waals surface area contributed by atoms with E-state index in [0.717, 1.165) is 53.9 Å². The third-order valence-corrected chi connectivity index (χ3v) is 3.82. The van der Waals surface area contributed by atoms with Crippen LogP contribution in [0.2, 0.25) is 0 Å². The minimum Gasteiger partial charge on any atom is -0.494 e. The van der Waals surface area contributed by atoms with Gasteiger partial charge in [0.1, 0.15) is 15.8 Å². The van der Waals surface area contributed by atoms with Gasteiger partial charge in [0, 0.05) is 18.5 Å². The molecule has 2 rings (SSSR count). The van der Waals surface area contributed by atoms with E-state index < -0.39 is 0 Å². The minimum absolute atomic E-state index is 0.744. The fourth-order valence-electron chi connectivity index (χ4n) is 1.78. The molecule has 0 unspecified atom stereocenters. The first kappa shape index (κ1) is 14.9. The first-order valence-corrected chi connectivity index (χ1v) is 7.91. The van der Waals surface area contributed by atoms with Crippen molar-refractivity contribution in [2.24, 2.45) is 0 Å². The van der Waals surface area contributed by atoms with Gasteiger partial charge < -0.3 is 10.1 Å². The molecule has 0 atom stereocenters. The highest BCUT2D eigenvalue weighted by molar-refractivity contribution is 7.14. The molecule has 0 bridgehead atoms. The van der Waals surface area contributed by atoms with Crippen LogP contribution in [0.1, 0.15) is 25.3 Å². The van der Waals surface area contributed by atoms with Gasteiger partial charge in [-0.25, -0.2) is 0 Å². The van der Waals surface area contributed by atoms with Crippen molar-refractivity contribution in [3.63, 3.8) is 0 Å². The first-order chi connectivity index (χ1) is 9.83. The van der Waals surface area contributed by atoms with Crippen molar-refractivity contribution in [2.45, 2.75) is 26.7 Å². The Morgan fingerprint density at radius 2 is 2.15 bits per heavy atom. The fourth-order valence-corrected chi connectivity index (χ4v) is 2.62. The van der Waals surface area contributed by atoms with Crippen molar-refractivity contribution in [3.8, 4) is 16.3 Å². The molecule has 20 heavy (non-hydrogen) atoms. The molecule has 5 heteroatoms. The van der Waals surface area contributed by atoms with Gasteiger partial charge in [-0.15, -0.1) is 10.2 Å².